The van der Waals surface area contributed by atoms with Crippen LogP contribution in [0.2, 0.25) is 0 Å². The van der Waals surface area contributed by atoms with Gasteiger partial charge in [0.05, 0.1) is 11.5 Å². The summed E-state index contributed by atoms with van der Waals surface area (Å²) in [6.07, 6.45) is 0.903. The number of carbonyl (C=O) groups excluding carboxylic acids is 1. The number of hydrogen-bond donors (Lipinski definition) is 1. The van der Waals surface area contributed by atoms with Gasteiger partial charge < -0.3 is 5.32 Å². The molecule has 2 unspecified atom stereocenters. The van der Waals surface area contributed by atoms with Crippen LogP contribution in [0.15, 0.2) is 12.1 Å². The third-order valence-electron chi connectivity index (χ3n) is 3.21. The quantitative estimate of drug-likeness (QED) is 0.745. The number of hydrogen-bond acceptors (Lipinski definition) is 2. The zero-order valence-electron chi connectivity index (χ0n) is 8.76. The van der Waals surface area contributed by atoms with Crippen LogP contribution in [-0.2, 0) is 4.79 Å². The van der Waals surface area contributed by atoms with Crippen molar-refractivity contribution in [2.45, 2.75) is 33.2 Å². The molecule has 14 heavy (non-hydrogen) atoms. The van der Waals surface area contributed by atoms with Gasteiger partial charge in [0.15, 0.2) is 0 Å². The monoisotopic (exact) mass is 209 g/mol. The Bertz CT molecular complexity index is 371. The lowest BCUT2D eigenvalue weighted by Gasteiger charge is -2.45. The van der Waals surface area contributed by atoms with Crippen molar-refractivity contribution in [2.75, 3.05) is 0 Å². The van der Waals surface area contributed by atoms with Crippen LogP contribution in [0.3, 0.4) is 0 Å². The smallest absolute Gasteiger partial charge is 0.228 e. The van der Waals surface area contributed by atoms with Crippen LogP contribution in [0.5, 0.6) is 0 Å². The average molecular weight is 209 g/mol. The van der Waals surface area contributed by atoms with Gasteiger partial charge in [0.25, 0.3) is 0 Å². The molecule has 2 heterocycles. The van der Waals surface area contributed by atoms with Crippen molar-refractivity contribution in [1.82, 2.24) is 5.32 Å². The van der Waals surface area contributed by atoms with Crippen LogP contribution < -0.4 is 5.32 Å². The van der Waals surface area contributed by atoms with E-state index in [1.165, 1.54) is 9.75 Å². The molecule has 0 aliphatic carbocycles. The molecule has 1 N–H and O–H groups in total. The van der Waals surface area contributed by atoms with Crippen LogP contribution in [0, 0.1) is 12.3 Å². The minimum atomic E-state index is -0.183. The normalized spacial score (nSPS) is 31.1. The molecule has 0 spiro atoms. The molecule has 0 aromatic carbocycles. The molecule has 0 radical (unpaired) electrons. The summed E-state index contributed by atoms with van der Waals surface area (Å²) in [5.41, 5.74) is -0.183. The highest BCUT2D eigenvalue weighted by Gasteiger charge is 2.50. The zero-order valence-corrected chi connectivity index (χ0v) is 9.57. The maximum Gasteiger partial charge on any atom is 0.228 e. The Kier molecular flexibility index (Phi) is 2.14. The van der Waals surface area contributed by atoms with Gasteiger partial charge >= 0.3 is 0 Å². The first kappa shape index (κ1) is 9.71. The van der Waals surface area contributed by atoms with Crippen molar-refractivity contribution < 1.29 is 4.79 Å². The molecule has 1 saturated heterocycles. The molecule has 1 fully saturated rings. The molecule has 1 aromatic rings. The molecule has 0 saturated carbocycles. The number of nitrogens with one attached hydrogen (secondary N) is 1. The number of carbonyl (C=O) groups is 1. The largest absolute Gasteiger partial charge is 0.347 e. The average Bonchev–Trinajstić information content (AvgIpc) is 2.59. The third-order valence-corrected chi connectivity index (χ3v) is 4.28. The summed E-state index contributed by atoms with van der Waals surface area (Å²) in [5.74, 6) is 0.191. The van der Waals surface area contributed by atoms with Gasteiger partial charge in [-0.25, -0.2) is 0 Å². The van der Waals surface area contributed by atoms with E-state index in [1.54, 1.807) is 11.3 Å². The van der Waals surface area contributed by atoms with Crippen molar-refractivity contribution in [3.8, 4) is 0 Å². The van der Waals surface area contributed by atoms with Crippen molar-refractivity contribution in [3.05, 3.63) is 21.9 Å². The first-order valence-electron chi connectivity index (χ1n) is 4.95. The second-order valence-electron chi connectivity index (χ2n) is 4.13. The van der Waals surface area contributed by atoms with E-state index >= 15 is 0 Å². The Labute approximate surface area is 88.3 Å². The summed E-state index contributed by atoms with van der Waals surface area (Å²) in [7, 11) is 0. The molecule has 76 valence electrons. The molecular weight excluding hydrogens is 194 g/mol. The summed E-state index contributed by atoms with van der Waals surface area (Å²) in [6.45, 7) is 6.22. The van der Waals surface area contributed by atoms with Crippen LogP contribution in [-0.4, -0.2) is 5.91 Å². The zero-order chi connectivity index (χ0) is 10.3. The van der Waals surface area contributed by atoms with E-state index in [1.807, 2.05) is 6.92 Å². The minimum absolute atomic E-state index is 0.183. The molecule has 2 atom stereocenters. The molecule has 2 rings (SSSR count). The number of aryl methyl sites for hydroxylation is 1. The van der Waals surface area contributed by atoms with Crippen LogP contribution in [0.4, 0.5) is 0 Å². The van der Waals surface area contributed by atoms with Gasteiger partial charge in [0.2, 0.25) is 5.91 Å². The molecule has 1 amide bonds. The Hall–Kier alpha value is -0.830. The topological polar surface area (TPSA) is 29.1 Å². The maximum absolute atomic E-state index is 11.5. The Morgan fingerprint density at radius 1 is 1.57 bits per heavy atom. The lowest BCUT2D eigenvalue weighted by atomic mass is 9.71. The Balaban J connectivity index is 2.26. The number of amides is 1. The molecule has 1 aromatic heterocycles. The van der Waals surface area contributed by atoms with E-state index in [0.29, 0.717) is 0 Å². The fraction of sp³-hybridized carbons (Fsp3) is 0.545. The summed E-state index contributed by atoms with van der Waals surface area (Å²) in [6, 6.07) is 4.47. The molecule has 1 aliphatic rings. The molecule has 1 aliphatic heterocycles. The first-order valence-corrected chi connectivity index (χ1v) is 5.77. The van der Waals surface area contributed by atoms with Gasteiger partial charge in [-0.05, 0) is 32.4 Å². The van der Waals surface area contributed by atoms with E-state index in [9.17, 15) is 4.79 Å². The van der Waals surface area contributed by atoms with E-state index in [4.69, 9.17) is 0 Å². The highest BCUT2D eigenvalue weighted by Crippen LogP contribution is 2.46. The van der Waals surface area contributed by atoms with Gasteiger partial charge in [0, 0.05) is 9.75 Å². The van der Waals surface area contributed by atoms with E-state index in [-0.39, 0.29) is 17.4 Å². The lowest BCUT2D eigenvalue weighted by Crippen LogP contribution is -2.59. The van der Waals surface area contributed by atoms with Crippen molar-refractivity contribution in [2.24, 2.45) is 5.41 Å². The Morgan fingerprint density at radius 2 is 2.29 bits per heavy atom. The standard InChI is InChI=1S/C11H15NOS/c1-4-11(3)9(12-10(11)13)8-6-5-7(2)14-8/h5-6,9H,4H2,1-3H3,(H,12,13). The van der Waals surface area contributed by atoms with Crippen molar-refractivity contribution >= 4 is 17.2 Å². The fourth-order valence-electron chi connectivity index (χ4n) is 1.87. The van der Waals surface area contributed by atoms with Gasteiger partial charge in [-0.2, -0.15) is 0 Å². The highest BCUT2D eigenvalue weighted by molar-refractivity contribution is 7.12. The number of thiophene rings is 1. The summed E-state index contributed by atoms with van der Waals surface area (Å²) in [5, 5.41) is 2.99. The van der Waals surface area contributed by atoms with Gasteiger partial charge in [-0.3, -0.25) is 4.79 Å². The fourth-order valence-corrected chi connectivity index (χ4v) is 2.95. The van der Waals surface area contributed by atoms with E-state index < -0.39 is 0 Å². The van der Waals surface area contributed by atoms with Crippen molar-refractivity contribution in [1.29, 1.82) is 0 Å². The second kappa shape index (κ2) is 3.09. The minimum Gasteiger partial charge on any atom is -0.347 e. The highest BCUT2D eigenvalue weighted by atomic mass is 32.1. The number of rotatable bonds is 2. The third kappa shape index (κ3) is 1.19. The molecule has 3 heteroatoms. The maximum atomic E-state index is 11.5. The summed E-state index contributed by atoms with van der Waals surface area (Å²) >= 11 is 1.78. The predicted octanol–water partition coefficient (Wildman–Crippen LogP) is 2.64. The lowest BCUT2D eigenvalue weighted by molar-refractivity contribution is -0.144. The Morgan fingerprint density at radius 3 is 2.71 bits per heavy atom. The molecular formula is C11H15NOS. The van der Waals surface area contributed by atoms with E-state index in [2.05, 4.69) is 31.3 Å². The predicted molar refractivity (Wildman–Crippen MR) is 58.3 cm³/mol. The summed E-state index contributed by atoms with van der Waals surface area (Å²) < 4.78 is 0. The second-order valence-corrected chi connectivity index (χ2v) is 5.45. The van der Waals surface area contributed by atoms with Crippen molar-refractivity contribution in [3.63, 3.8) is 0 Å². The first-order chi connectivity index (χ1) is 6.58. The van der Waals surface area contributed by atoms with Crippen LogP contribution >= 0.6 is 11.3 Å². The summed E-state index contributed by atoms with van der Waals surface area (Å²) in [4.78, 5) is 14.1. The van der Waals surface area contributed by atoms with Crippen LogP contribution in [0.1, 0.15) is 36.1 Å². The van der Waals surface area contributed by atoms with Crippen LogP contribution in [0.25, 0.3) is 0 Å². The number of β-lactam (4-membered cyclic amide) rings is 1. The van der Waals surface area contributed by atoms with Gasteiger partial charge in [-0.15, -0.1) is 11.3 Å². The molecule has 0 bridgehead atoms. The molecule has 2 nitrogen and oxygen atoms in total. The SMILES string of the molecule is CCC1(C)C(=O)NC1c1ccc(C)s1. The van der Waals surface area contributed by atoms with E-state index in [0.717, 1.165) is 6.42 Å². The van der Waals surface area contributed by atoms with Gasteiger partial charge in [-0.1, -0.05) is 6.92 Å². The van der Waals surface area contributed by atoms with Gasteiger partial charge in [0.1, 0.15) is 0 Å².